The van der Waals surface area contributed by atoms with Crippen molar-refractivity contribution in [2.75, 3.05) is 24.7 Å². The molecule has 2 amide bonds. The van der Waals surface area contributed by atoms with Crippen molar-refractivity contribution in [2.24, 2.45) is 0 Å². The van der Waals surface area contributed by atoms with Gasteiger partial charge in [0, 0.05) is 23.4 Å². The fraction of sp³-hybridized carbons (Fsp3) is 0.231. The number of phenols is 1. The molecule has 3 aromatic rings. The molecule has 0 atom stereocenters. The first-order chi connectivity index (χ1) is 15.7. The van der Waals surface area contributed by atoms with Crippen LogP contribution in [0.15, 0.2) is 72.8 Å². The Morgan fingerprint density at radius 3 is 2.00 bits per heavy atom. The highest BCUT2D eigenvalue weighted by molar-refractivity contribution is 7.99. The average Bonchev–Trinajstić information content (AvgIpc) is 3.06. The number of amides is 2. The number of aromatic hydroxyl groups is 1. The van der Waals surface area contributed by atoms with Crippen LogP contribution < -0.4 is 4.74 Å². The van der Waals surface area contributed by atoms with Crippen molar-refractivity contribution in [2.45, 2.75) is 12.8 Å². The van der Waals surface area contributed by atoms with E-state index in [-0.39, 0.29) is 17.6 Å². The van der Waals surface area contributed by atoms with Gasteiger partial charge in [0.1, 0.15) is 11.5 Å². The number of ether oxygens (including phenoxy) is 1. The zero-order valence-corrected chi connectivity index (χ0v) is 18.5. The Morgan fingerprint density at radius 2 is 1.31 bits per heavy atom. The maximum absolute atomic E-state index is 12.4. The molecular weight excluding hydrogens is 422 g/mol. The molecule has 1 aliphatic rings. The van der Waals surface area contributed by atoms with E-state index >= 15 is 0 Å². The number of thioether (sulfide) groups is 1. The highest BCUT2D eigenvalue weighted by atomic mass is 32.2. The summed E-state index contributed by atoms with van der Waals surface area (Å²) in [4.78, 5) is 26.1. The van der Waals surface area contributed by atoms with Crippen molar-refractivity contribution in [1.29, 1.82) is 0 Å². The number of benzene rings is 3. The summed E-state index contributed by atoms with van der Waals surface area (Å²) in [7, 11) is 0. The van der Waals surface area contributed by atoms with Crippen LogP contribution in [0.2, 0.25) is 0 Å². The van der Waals surface area contributed by atoms with Crippen LogP contribution in [0.1, 0.15) is 33.6 Å². The van der Waals surface area contributed by atoms with Gasteiger partial charge in [-0.2, -0.15) is 11.8 Å². The Kier molecular flexibility index (Phi) is 7.12. The number of carbonyl (C=O) groups is 2. The average molecular weight is 448 g/mol. The quantitative estimate of drug-likeness (QED) is 0.340. The molecular formula is C26H25NO4S. The summed E-state index contributed by atoms with van der Waals surface area (Å²) in [5.41, 5.74) is 2.64. The van der Waals surface area contributed by atoms with Gasteiger partial charge < -0.3 is 9.84 Å². The minimum absolute atomic E-state index is 0.185. The third kappa shape index (κ3) is 4.81. The summed E-state index contributed by atoms with van der Waals surface area (Å²) in [6.07, 6.45) is 1.71. The number of para-hydroxylation sites is 2. The van der Waals surface area contributed by atoms with Crippen molar-refractivity contribution in [1.82, 2.24) is 4.90 Å². The molecule has 0 radical (unpaired) electrons. The second-order valence-corrected chi connectivity index (χ2v) is 8.71. The van der Waals surface area contributed by atoms with Crippen molar-refractivity contribution in [3.8, 4) is 22.6 Å². The standard InChI is InChI=1S/C26H25NO4S/c28-23-13-5-3-9-19(23)20-10-4-6-14-24(20)31-16-18-32-17-8-7-15-27-25(29)21-11-1-2-12-22(21)26(27)30/h1-6,9-14,28H,7-8,15-18H2. The molecule has 0 aliphatic carbocycles. The summed E-state index contributed by atoms with van der Waals surface area (Å²) in [5.74, 6) is 2.39. The molecule has 3 aromatic carbocycles. The monoisotopic (exact) mass is 447 g/mol. The minimum Gasteiger partial charge on any atom is -0.507 e. The molecule has 0 spiro atoms. The van der Waals surface area contributed by atoms with Gasteiger partial charge in [-0.05, 0) is 42.9 Å². The number of hydrogen-bond donors (Lipinski definition) is 1. The molecule has 1 N–H and O–H groups in total. The lowest BCUT2D eigenvalue weighted by molar-refractivity contribution is 0.0652. The van der Waals surface area contributed by atoms with E-state index in [1.165, 1.54) is 4.90 Å². The smallest absolute Gasteiger partial charge is 0.261 e. The van der Waals surface area contributed by atoms with Crippen LogP contribution in [0.5, 0.6) is 11.5 Å². The van der Waals surface area contributed by atoms with Crippen LogP contribution in [0, 0.1) is 0 Å². The Morgan fingerprint density at radius 1 is 0.719 bits per heavy atom. The van der Waals surface area contributed by atoms with Crippen LogP contribution in [-0.4, -0.2) is 46.5 Å². The third-order valence-corrected chi connectivity index (χ3v) is 6.40. The minimum atomic E-state index is -0.185. The lowest BCUT2D eigenvalue weighted by Crippen LogP contribution is -2.30. The van der Waals surface area contributed by atoms with Gasteiger partial charge in [0.25, 0.3) is 11.8 Å². The van der Waals surface area contributed by atoms with Gasteiger partial charge in [-0.3, -0.25) is 14.5 Å². The lowest BCUT2D eigenvalue weighted by atomic mass is 10.0. The molecule has 0 unspecified atom stereocenters. The van der Waals surface area contributed by atoms with Gasteiger partial charge in [0.2, 0.25) is 0 Å². The number of phenolic OH excluding ortho intramolecular Hbond substituents is 1. The Balaban J connectivity index is 1.17. The Labute approximate surface area is 192 Å². The number of nitrogens with zero attached hydrogens (tertiary/aromatic N) is 1. The van der Waals surface area contributed by atoms with Gasteiger partial charge in [-0.1, -0.05) is 48.5 Å². The Bertz CT molecular complexity index is 1080. The lowest BCUT2D eigenvalue weighted by Gasteiger charge is -2.14. The molecule has 1 heterocycles. The predicted octanol–water partition coefficient (Wildman–Crippen LogP) is 5.25. The highest BCUT2D eigenvalue weighted by Crippen LogP contribution is 2.35. The van der Waals surface area contributed by atoms with E-state index in [0.717, 1.165) is 41.2 Å². The fourth-order valence-electron chi connectivity index (χ4n) is 3.75. The van der Waals surface area contributed by atoms with Gasteiger partial charge >= 0.3 is 0 Å². The van der Waals surface area contributed by atoms with Crippen LogP contribution in [0.3, 0.4) is 0 Å². The molecule has 0 aromatic heterocycles. The number of imide groups is 1. The maximum Gasteiger partial charge on any atom is 0.261 e. The second-order valence-electron chi connectivity index (χ2n) is 7.49. The highest BCUT2D eigenvalue weighted by Gasteiger charge is 2.34. The molecule has 5 nitrogen and oxygen atoms in total. The third-order valence-electron chi connectivity index (χ3n) is 5.37. The summed E-state index contributed by atoms with van der Waals surface area (Å²) >= 11 is 1.79. The van der Waals surface area contributed by atoms with E-state index in [9.17, 15) is 14.7 Å². The molecule has 164 valence electrons. The van der Waals surface area contributed by atoms with Gasteiger partial charge in [-0.25, -0.2) is 0 Å². The molecule has 1 aliphatic heterocycles. The van der Waals surface area contributed by atoms with E-state index in [2.05, 4.69) is 0 Å². The Hall–Kier alpha value is -3.25. The molecule has 0 saturated carbocycles. The first-order valence-electron chi connectivity index (χ1n) is 10.7. The van der Waals surface area contributed by atoms with E-state index in [4.69, 9.17) is 4.74 Å². The molecule has 6 heteroatoms. The summed E-state index contributed by atoms with van der Waals surface area (Å²) in [5, 5.41) is 10.1. The first kappa shape index (κ1) is 22.0. The number of carbonyl (C=O) groups excluding carboxylic acids is 2. The maximum atomic E-state index is 12.4. The van der Waals surface area contributed by atoms with Gasteiger partial charge in [-0.15, -0.1) is 0 Å². The SMILES string of the molecule is O=C1c2ccccc2C(=O)N1CCCCSCCOc1ccccc1-c1ccccc1O. The summed E-state index contributed by atoms with van der Waals surface area (Å²) in [6, 6.07) is 21.9. The molecule has 32 heavy (non-hydrogen) atoms. The summed E-state index contributed by atoms with van der Waals surface area (Å²) in [6.45, 7) is 1.02. The number of fused-ring (bicyclic) bond motifs is 1. The van der Waals surface area contributed by atoms with Crippen LogP contribution in [0.25, 0.3) is 11.1 Å². The molecule has 0 bridgehead atoms. The fourth-order valence-corrected chi connectivity index (χ4v) is 4.56. The molecule has 4 rings (SSSR count). The van der Waals surface area contributed by atoms with E-state index in [1.54, 1.807) is 48.2 Å². The number of rotatable bonds is 10. The van der Waals surface area contributed by atoms with Gasteiger partial charge in [0.05, 0.1) is 17.7 Å². The predicted molar refractivity (Wildman–Crippen MR) is 127 cm³/mol. The first-order valence-corrected chi connectivity index (χ1v) is 11.9. The van der Waals surface area contributed by atoms with E-state index < -0.39 is 0 Å². The van der Waals surface area contributed by atoms with Crippen molar-refractivity contribution >= 4 is 23.6 Å². The molecule has 0 fully saturated rings. The normalized spacial score (nSPS) is 12.8. The number of hydrogen-bond acceptors (Lipinski definition) is 5. The van der Waals surface area contributed by atoms with Crippen LogP contribution >= 0.6 is 11.8 Å². The van der Waals surface area contributed by atoms with E-state index in [0.29, 0.717) is 24.3 Å². The zero-order valence-electron chi connectivity index (χ0n) is 17.7. The van der Waals surface area contributed by atoms with Crippen molar-refractivity contribution in [3.63, 3.8) is 0 Å². The van der Waals surface area contributed by atoms with E-state index in [1.807, 2.05) is 36.4 Å². The van der Waals surface area contributed by atoms with Crippen molar-refractivity contribution < 1.29 is 19.4 Å². The van der Waals surface area contributed by atoms with Crippen LogP contribution in [0.4, 0.5) is 0 Å². The topological polar surface area (TPSA) is 66.8 Å². The second kappa shape index (κ2) is 10.4. The molecule has 0 saturated heterocycles. The largest absolute Gasteiger partial charge is 0.507 e. The van der Waals surface area contributed by atoms with Crippen molar-refractivity contribution in [3.05, 3.63) is 83.9 Å². The van der Waals surface area contributed by atoms with Crippen LogP contribution in [-0.2, 0) is 0 Å². The van der Waals surface area contributed by atoms with Gasteiger partial charge in [0.15, 0.2) is 0 Å². The number of unbranched alkanes of at least 4 members (excludes halogenated alkanes) is 1. The zero-order chi connectivity index (χ0) is 22.3. The summed E-state index contributed by atoms with van der Waals surface area (Å²) < 4.78 is 5.97.